The van der Waals surface area contributed by atoms with E-state index < -0.39 is 0 Å². The standard InChI is InChI=1S/C15H19N3O/c1-11-8-14(12(2)18(11)3)9-15(19)17-10-13-4-6-16-7-5-13/h4-8H,9-10H2,1-3H3,(H,17,19). The molecule has 0 fully saturated rings. The molecule has 0 atom stereocenters. The number of rotatable bonds is 4. The van der Waals surface area contributed by atoms with Crippen LogP contribution >= 0.6 is 0 Å². The van der Waals surface area contributed by atoms with E-state index in [0.29, 0.717) is 13.0 Å². The van der Waals surface area contributed by atoms with Gasteiger partial charge in [0.1, 0.15) is 0 Å². The average Bonchev–Trinajstić information content (AvgIpc) is 2.65. The van der Waals surface area contributed by atoms with Gasteiger partial charge in [-0.15, -0.1) is 0 Å². The number of carbonyl (C=O) groups excluding carboxylic acids is 1. The molecular weight excluding hydrogens is 238 g/mol. The Morgan fingerprint density at radius 3 is 2.58 bits per heavy atom. The molecule has 0 spiro atoms. The molecule has 2 aromatic heterocycles. The molecule has 0 unspecified atom stereocenters. The predicted molar refractivity (Wildman–Crippen MR) is 74.7 cm³/mol. The molecule has 1 N–H and O–H groups in total. The zero-order valence-corrected chi connectivity index (χ0v) is 11.6. The Labute approximate surface area is 113 Å². The summed E-state index contributed by atoms with van der Waals surface area (Å²) >= 11 is 0. The fourth-order valence-corrected chi connectivity index (χ4v) is 2.05. The fraction of sp³-hybridized carbons (Fsp3) is 0.333. The second kappa shape index (κ2) is 5.69. The lowest BCUT2D eigenvalue weighted by Crippen LogP contribution is -2.24. The van der Waals surface area contributed by atoms with Crippen LogP contribution in [-0.2, 0) is 24.8 Å². The summed E-state index contributed by atoms with van der Waals surface area (Å²) in [5.74, 6) is 0.0468. The maximum Gasteiger partial charge on any atom is 0.224 e. The molecule has 0 radical (unpaired) electrons. The zero-order valence-electron chi connectivity index (χ0n) is 11.6. The van der Waals surface area contributed by atoms with Gasteiger partial charge in [-0.05, 0) is 43.2 Å². The van der Waals surface area contributed by atoms with Crippen molar-refractivity contribution in [2.45, 2.75) is 26.8 Å². The molecular formula is C15H19N3O. The van der Waals surface area contributed by atoms with Crippen LogP contribution in [0, 0.1) is 13.8 Å². The number of hydrogen-bond donors (Lipinski definition) is 1. The lowest BCUT2D eigenvalue weighted by atomic mass is 10.1. The van der Waals surface area contributed by atoms with Crippen molar-refractivity contribution >= 4 is 5.91 Å². The molecule has 4 heteroatoms. The van der Waals surface area contributed by atoms with E-state index in [1.54, 1.807) is 12.4 Å². The molecule has 100 valence electrons. The maximum atomic E-state index is 11.9. The van der Waals surface area contributed by atoms with Crippen molar-refractivity contribution < 1.29 is 4.79 Å². The smallest absolute Gasteiger partial charge is 0.224 e. The molecule has 0 aliphatic rings. The van der Waals surface area contributed by atoms with Gasteiger partial charge in [-0.25, -0.2) is 0 Å². The van der Waals surface area contributed by atoms with Crippen LogP contribution in [0.4, 0.5) is 0 Å². The molecule has 0 aliphatic carbocycles. The second-order valence-corrected chi connectivity index (χ2v) is 4.76. The van der Waals surface area contributed by atoms with Crippen molar-refractivity contribution in [1.82, 2.24) is 14.9 Å². The molecule has 1 amide bonds. The molecule has 19 heavy (non-hydrogen) atoms. The maximum absolute atomic E-state index is 11.9. The average molecular weight is 257 g/mol. The number of carbonyl (C=O) groups is 1. The first-order chi connectivity index (χ1) is 9.08. The lowest BCUT2D eigenvalue weighted by molar-refractivity contribution is -0.120. The number of aromatic nitrogens is 2. The second-order valence-electron chi connectivity index (χ2n) is 4.76. The van der Waals surface area contributed by atoms with Gasteiger partial charge in [0, 0.05) is 37.4 Å². The number of pyridine rings is 1. The van der Waals surface area contributed by atoms with Gasteiger partial charge in [0.15, 0.2) is 0 Å². The van der Waals surface area contributed by atoms with Crippen LogP contribution in [0.15, 0.2) is 30.6 Å². The van der Waals surface area contributed by atoms with Gasteiger partial charge >= 0.3 is 0 Å². The molecule has 4 nitrogen and oxygen atoms in total. The molecule has 0 aromatic carbocycles. The highest BCUT2D eigenvalue weighted by atomic mass is 16.1. The first kappa shape index (κ1) is 13.3. The van der Waals surface area contributed by atoms with Gasteiger partial charge in [0.2, 0.25) is 5.91 Å². The van der Waals surface area contributed by atoms with Gasteiger partial charge in [0.05, 0.1) is 6.42 Å². The van der Waals surface area contributed by atoms with E-state index >= 15 is 0 Å². The fourth-order valence-electron chi connectivity index (χ4n) is 2.05. The minimum absolute atomic E-state index is 0.0468. The summed E-state index contributed by atoms with van der Waals surface area (Å²) in [5.41, 5.74) is 4.47. The van der Waals surface area contributed by atoms with Crippen LogP contribution in [0.25, 0.3) is 0 Å². The first-order valence-electron chi connectivity index (χ1n) is 6.35. The third kappa shape index (κ3) is 3.22. The highest BCUT2D eigenvalue weighted by Crippen LogP contribution is 2.13. The molecule has 2 heterocycles. The van der Waals surface area contributed by atoms with Gasteiger partial charge in [-0.2, -0.15) is 0 Å². The van der Waals surface area contributed by atoms with Crippen LogP contribution in [0.5, 0.6) is 0 Å². The van der Waals surface area contributed by atoms with E-state index in [-0.39, 0.29) is 5.91 Å². The Hall–Kier alpha value is -2.10. The Morgan fingerprint density at radius 1 is 1.32 bits per heavy atom. The molecule has 0 saturated heterocycles. The van der Waals surface area contributed by atoms with E-state index in [0.717, 1.165) is 16.8 Å². The van der Waals surface area contributed by atoms with Crippen molar-refractivity contribution in [2.75, 3.05) is 0 Å². The molecule has 0 saturated carbocycles. The SMILES string of the molecule is Cc1cc(CC(=O)NCc2ccncc2)c(C)n1C. The summed E-state index contributed by atoms with van der Waals surface area (Å²) in [4.78, 5) is 15.9. The quantitative estimate of drug-likeness (QED) is 0.909. The van der Waals surface area contributed by atoms with Crippen LogP contribution in [0.1, 0.15) is 22.5 Å². The Morgan fingerprint density at radius 2 is 2.00 bits per heavy atom. The van der Waals surface area contributed by atoms with Crippen LogP contribution < -0.4 is 5.32 Å². The van der Waals surface area contributed by atoms with E-state index in [4.69, 9.17) is 0 Å². The van der Waals surface area contributed by atoms with E-state index in [2.05, 4.69) is 20.9 Å². The monoisotopic (exact) mass is 257 g/mol. The minimum atomic E-state index is 0.0468. The summed E-state index contributed by atoms with van der Waals surface area (Å²) in [7, 11) is 2.02. The van der Waals surface area contributed by atoms with Crippen molar-refractivity contribution in [1.29, 1.82) is 0 Å². The van der Waals surface area contributed by atoms with Crippen LogP contribution in [-0.4, -0.2) is 15.5 Å². The first-order valence-corrected chi connectivity index (χ1v) is 6.35. The van der Waals surface area contributed by atoms with E-state index in [1.807, 2.05) is 33.0 Å². The van der Waals surface area contributed by atoms with Crippen LogP contribution in [0.3, 0.4) is 0 Å². The molecule has 0 bridgehead atoms. The highest BCUT2D eigenvalue weighted by molar-refractivity contribution is 5.78. The summed E-state index contributed by atoms with van der Waals surface area (Å²) in [6, 6.07) is 5.87. The third-order valence-electron chi connectivity index (χ3n) is 3.47. The summed E-state index contributed by atoms with van der Waals surface area (Å²) in [6.45, 7) is 4.63. The van der Waals surface area contributed by atoms with Crippen LogP contribution in [0.2, 0.25) is 0 Å². The van der Waals surface area contributed by atoms with E-state index in [1.165, 1.54) is 5.69 Å². The minimum Gasteiger partial charge on any atom is -0.352 e. The summed E-state index contributed by atoms with van der Waals surface area (Å²) in [5, 5.41) is 2.93. The van der Waals surface area contributed by atoms with Crippen molar-refractivity contribution in [3.8, 4) is 0 Å². The van der Waals surface area contributed by atoms with E-state index in [9.17, 15) is 4.79 Å². The van der Waals surface area contributed by atoms with Gasteiger partial charge < -0.3 is 9.88 Å². The third-order valence-corrected chi connectivity index (χ3v) is 3.47. The Bertz CT molecular complexity index is 573. The van der Waals surface area contributed by atoms with Gasteiger partial charge in [-0.3, -0.25) is 9.78 Å². The Balaban J connectivity index is 1.93. The molecule has 0 aliphatic heterocycles. The number of nitrogens with one attached hydrogen (secondary N) is 1. The molecule has 2 rings (SSSR count). The summed E-state index contributed by atoms with van der Waals surface area (Å²) < 4.78 is 2.10. The highest BCUT2D eigenvalue weighted by Gasteiger charge is 2.10. The number of aryl methyl sites for hydroxylation is 1. The Kier molecular flexibility index (Phi) is 4.00. The predicted octanol–water partition coefficient (Wildman–Crippen LogP) is 1.90. The van der Waals surface area contributed by atoms with Gasteiger partial charge in [-0.1, -0.05) is 0 Å². The lowest BCUT2D eigenvalue weighted by Gasteiger charge is -2.05. The van der Waals surface area contributed by atoms with Crippen molar-refractivity contribution in [3.05, 3.63) is 53.1 Å². The summed E-state index contributed by atoms with van der Waals surface area (Å²) in [6.07, 6.45) is 3.89. The van der Waals surface area contributed by atoms with Gasteiger partial charge in [0.25, 0.3) is 0 Å². The van der Waals surface area contributed by atoms with Crippen molar-refractivity contribution in [3.63, 3.8) is 0 Å². The largest absolute Gasteiger partial charge is 0.352 e. The zero-order chi connectivity index (χ0) is 13.8. The number of hydrogen-bond acceptors (Lipinski definition) is 2. The molecule has 2 aromatic rings. The normalized spacial score (nSPS) is 10.5. The topological polar surface area (TPSA) is 46.9 Å². The van der Waals surface area contributed by atoms with Crippen molar-refractivity contribution in [2.24, 2.45) is 7.05 Å². The number of amides is 1. The number of nitrogens with zero attached hydrogens (tertiary/aromatic N) is 2.